The molecule has 1 aromatic rings. The smallest absolute Gasteiger partial charge is 0.124 e. The lowest BCUT2D eigenvalue weighted by Gasteiger charge is -2.21. The summed E-state index contributed by atoms with van der Waals surface area (Å²) in [6, 6.07) is 4.34. The Morgan fingerprint density at radius 2 is 2.18 bits per heavy atom. The average molecular weight is 262 g/mol. The largest absolute Gasteiger partial charge is 0.395 e. The van der Waals surface area contributed by atoms with Gasteiger partial charge >= 0.3 is 0 Å². The van der Waals surface area contributed by atoms with Crippen LogP contribution in [0.15, 0.2) is 18.2 Å². The topological polar surface area (TPSA) is 32.7 Å². The molecule has 17 heavy (non-hydrogen) atoms. The van der Waals surface area contributed by atoms with E-state index in [9.17, 15) is 4.39 Å². The van der Waals surface area contributed by atoms with Crippen molar-refractivity contribution in [3.63, 3.8) is 0 Å². The molecule has 1 rings (SSSR count). The molecule has 0 saturated carbocycles. The van der Waals surface area contributed by atoms with Crippen molar-refractivity contribution in [2.24, 2.45) is 0 Å². The highest BCUT2D eigenvalue weighted by Crippen LogP contribution is 2.18. The summed E-state index contributed by atoms with van der Waals surface area (Å²) in [5.41, 5.74) is 0.845. The average Bonchev–Trinajstić information content (AvgIpc) is 2.29. The lowest BCUT2D eigenvalue weighted by molar-refractivity contribution is 0.127. The number of nitrogens with zero attached hydrogens (tertiary/aromatic N) is 1. The van der Waals surface area contributed by atoms with Crippen LogP contribution in [-0.2, 0) is 11.3 Å². The van der Waals surface area contributed by atoms with E-state index in [1.54, 1.807) is 13.2 Å². The molecule has 3 nitrogen and oxygen atoms in total. The molecular weight excluding hydrogens is 245 g/mol. The van der Waals surface area contributed by atoms with E-state index in [2.05, 4.69) is 0 Å². The Bertz CT molecular complexity index is 349. The van der Waals surface area contributed by atoms with Crippen molar-refractivity contribution in [1.29, 1.82) is 0 Å². The van der Waals surface area contributed by atoms with Crippen LogP contribution in [0.2, 0.25) is 5.02 Å². The summed E-state index contributed by atoms with van der Waals surface area (Å²) in [6.07, 6.45) is 0. The van der Waals surface area contributed by atoms with Crippen molar-refractivity contribution in [3.8, 4) is 0 Å². The quantitative estimate of drug-likeness (QED) is 0.814. The van der Waals surface area contributed by atoms with Crippen LogP contribution in [0.25, 0.3) is 0 Å². The van der Waals surface area contributed by atoms with Crippen LogP contribution in [0.1, 0.15) is 5.56 Å². The lowest BCUT2D eigenvalue weighted by Crippen LogP contribution is -2.29. The second kappa shape index (κ2) is 7.61. The van der Waals surface area contributed by atoms with E-state index in [-0.39, 0.29) is 12.4 Å². The van der Waals surface area contributed by atoms with E-state index in [1.165, 1.54) is 12.1 Å². The number of hydrogen-bond acceptors (Lipinski definition) is 3. The molecule has 0 aliphatic heterocycles. The van der Waals surface area contributed by atoms with Crippen molar-refractivity contribution < 1.29 is 14.2 Å². The SMILES string of the molecule is COCCN(CCO)Cc1ccc(F)cc1Cl. The summed E-state index contributed by atoms with van der Waals surface area (Å²) in [6.45, 7) is 2.46. The monoisotopic (exact) mass is 261 g/mol. The third-order valence-corrected chi connectivity index (χ3v) is 2.79. The van der Waals surface area contributed by atoms with Crippen LogP contribution >= 0.6 is 11.6 Å². The Labute approximate surface area is 106 Å². The fourth-order valence-electron chi connectivity index (χ4n) is 1.52. The highest BCUT2D eigenvalue weighted by molar-refractivity contribution is 6.31. The van der Waals surface area contributed by atoms with Gasteiger partial charge in [-0.3, -0.25) is 4.90 Å². The summed E-state index contributed by atoms with van der Waals surface area (Å²) in [7, 11) is 1.63. The van der Waals surface area contributed by atoms with Gasteiger partial charge in [0.1, 0.15) is 5.82 Å². The van der Waals surface area contributed by atoms with Crippen LogP contribution in [0, 0.1) is 5.82 Å². The maximum atomic E-state index is 12.9. The van der Waals surface area contributed by atoms with Crippen LogP contribution < -0.4 is 0 Å². The molecule has 0 aliphatic carbocycles. The summed E-state index contributed by atoms with van der Waals surface area (Å²) < 4.78 is 17.9. The van der Waals surface area contributed by atoms with E-state index in [1.807, 2.05) is 4.90 Å². The third kappa shape index (κ3) is 5.00. The summed E-state index contributed by atoms with van der Waals surface area (Å²) in [4.78, 5) is 2.00. The Kier molecular flexibility index (Phi) is 6.44. The van der Waals surface area contributed by atoms with Gasteiger partial charge in [0.2, 0.25) is 0 Å². The molecule has 0 aromatic heterocycles. The van der Waals surface area contributed by atoms with Gasteiger partial charge in [-0.25, -0.2) is 4.39 Å². The zero-order valence-electron chi connectivity index (χ0n) is 9.83. The molecule has 0 heterocycles. The Morgan fingerprint density at radius 1 is 1.41 bits per heavy atom. The minimum absolute atomic E-state index is 0.0720. The molecule has 0 spiro atoms. The Morgan fingerprint density at radius 3 is 2.76 bits per heavy atom. The molecule has 0 unspecified atom stereocenters. The van der Waals surface area contributed by atoms with Gasteiger partial charge in [0.25, 0.3) is 0 Å². The van der Waals surface area contributed by atoms with Crippen molar-refractivity contribution in [3.05, 3.63) is 34.6 Å². The maximum absolute atomic E-state index is 12.9. The molecular formula is C12H17ClFNO2. The molecule has 1 aromatic carbocycles. The molecule has 0 aliphatic rings. The summed E-state index contributed by atoms with van der Waals surface area (Å²) in [5.74, 6) is -0.343. The number of halogens is 2. The third-order valence-electron chi connectivity index (χ3n) is 2.44. The number of rotatable bonds is 7. The number of ether oxygens (including phenoxy) is 1. The molecule has 96 valence electrons. The van der Waals surface area contributed by atoms with Crippen molar-refractivity contribution >= 4 is 11.6 Å². The number of methoxy groups -OCH3 is 1. The first-order valence-corrected chi connectivity index (χ1v) is 5.81. The van der Waals surface area contributed by atoms with Gasteiger partial charge in [-0.05, 0) is 17.7 Å². The molecule has 0 bridgehead atoms. The Hall–Kier alpha value is -0.680. The first-order valence-electron chi connectivity index (χ1n) is 5.43. The van der Waals surface area contributed by atoms with Gasteiger partial charge in [-0.2, -0.15) is 0 Å². The normalized spacial score (nSPS) is 11.1. The lowest BCUT2D eigenvalue weighted by atomic mass is 10.2. The summed E-state index contributed by atoms with van der Waals surface area (Å²) in [5, 5.41) is 9.36. The molecule has 1 N–H and O–H groups in total. The van der Waals surface area contributed by atoms with Crippen molar-refractivity contribution in [1.82, 2.24) is 4.90 Å². The van der Waals surface area contributed by atoms with E-state index in [4.69, 9.17) is 21.4 Å². The first-order chi connectivity index (χ1) is 8.17. The van der Waals surface area contributed by atoms with Gasteiger partial charge in [0.05, 0.1) is 13.2 Å². The van der Waals surface area contributed by atoms with E-state index < -0.39 is 0 Å². The van der Waals surface area contributed by atoms with E-state index in [0.717, 1.165) is 5.56 Å². The second-order valence-electron chi connectivity index (χ2n) is 3.73. The maximum Gasteiger partial charge on any atom is 0.124 e. The summed E-state index contributed by atoms with van der Waals surface area (Å²) >= 11 is 5.95. The number of hydrogen-bond donors (Lipinski definition) is 1. The van der Waals surface area contributed by atoms with Gasteiger partial charge in [0, 0.05) is 31.8 Å². The number of aliphatic hydroxyl groups excluding tert-OH is 1. The van der Waals surface area contributed by atoms with Gasteiger partial charge in [-0.1, -0.05) is 17.7 Å². The van der Waals surface area contributed by atoms with Gasteiger partial charge in [0.15, 0.2) is 0 Å². The van der Waals surface area contributed by atoms with Crippen LogP contribution in [-0.4, -0.2) is 43.4 Å². The molecule has 0 fully saturated rings. The molecule has 0 saturated heterocycles. The molecule has 5 heteroatoms. The zero-order chi connectivity index (χ0) is 12.7. The Balaban J connectivity index is 2.64. The fraction of sp³-hybridized carbons (Fsp3) is 0.500. The highest BCUT2D eigenvalue weighted by atomic mass is 35.5. The highest BCUT2D eigenvalue weighted by Gasteiger charge is 2.08. The van der Waals surface area contributed by atoms with Crippen LogP contribution in [0.5, 0.6) is 0 Å². The minimum atomic E-state index is -0.343. The predicted octanol–water partition coefficient (Wildman–Crippen LogP) is 1.92. The van der Waals surface area contributed by atoms with Crippen molar-refractivity contribution in [2.45, 2.75) is 6.54 Å². The van der Waals surface area contributed by atoms with Crippen LogP contribution in [0.3, 0.4) is 0 Å². The standard InChI is InChI=1S/C12H17ClFNO2/c1-17-7-5-15(4-6-16)9-10-2-3-11(14)8-12(10)13/h2-3,8,16H,4-7,9H2,1H3. The van der Waals surface area contributed by atoms with Gasteiger partial charge < -0.3 is 9.84 Å². The van der Waals surface area contributed by atoms with Crippen LogP contribution in [0.4, 0.5) is 4.39 Å². The molecule has 0 radical (unpaired) electrons. The van der Waals surface area contributed by atoms with Crippen molar-refractivity contribution in [2.75, 3.05) is 33.4 Å². The van der Waals surface area contributed by atoms with Gasteiger partial charge in [-0.15, -0.1) is 0 Å². The minimum Gasteiger partial charge on any atom is -0.395 e. The zero-order valence-corrected chi connectivity index (χ0v) is 10.6. The predicted molar refractivity (Wildman–Crippen MR) is 65.6 cm³/mol. The molecule has 0 atom stereocenters. The fourth-order valence-corrected chi connectivity index (χ4v) is 1.75. The van der Waals surface area contributed by atoms with E-state index >= 15 is 0 Å². The number of aliphatic hydroxyl groups is 1. The first kappa shape index (κ1) is 14.4. The molecule has 0 amide bonds. The van der Waals surface area contributed by atoms with E-state index in [0.29, 0.717) is 31.3 Å². The second-order valence-corrected chi connectivity index (χ2v) is 4.14. The number of benzene rings is 1.